The SMILES string of the molecule is [CH]1[CH]c2ccccc2[CH]1.[CH]1[CH]c2ccccc2[CH]1.[Cl][Pd+].[Cl][Pd+]. The van der Waals surface area contributed by atoms with Crippen molar-refractivity contribution in [3.05, 3.63) is 109 Å². The summed E-state index contributed by atoms with van der Waals surface area (Å²) < 4.78 is 0. The summed E-state index contributed by atoms with van der Waals surface area (Å²) in [6.45, 7) is 0. The van der Waals surface area contributed by atoms with Crippen molar-refractivity contribution < 1.29 is 36.4 Å². The van der Waals surface area contributed by atoms with Gasteiger partial charge in [-0.05, 0) is 60.8 Å². The quantitative estimate of drug-likeness (QED) is 0.414. The van der Waals surface area contributed by atoms with Crippen molar-refractivity contribution in [1.82, 2.24) is 0 Å². The van der Waals surface area contributed by atoms with E-state index < -0.39 is 0 Å². The Morgan fingerprint density at radius 2 is 0.682 bits per heavy atom. The molecule has 0 aliphatic heterocycles. The minimum atomic E-state index is 1.33. The first-order valence-corrected chi connectivity index (χ1v) is 10.4. The fourth-order valence-electron chi connectivity index (χ4n) is 2.14. The van der Waals surface area contributed by atoms with Crippen LogP contribution in [0.4, 0.5) is 0 Å². The monoisotopic (exact) mass is 512 g/mol. The van der Waals surface area contributed by atoms with Gasteiger partial charge in [-0.3, -0.25) is 0 Å². The van der Waals surface area contributed by atoms with Crippen LogP contribution in [0.2, 0.25) is 0 Å². The first kappa shape index (κ1) is 20.4. The van der Waals surface area contributed by atoms with Gasteiger partial charge in [0.25, 0.3) is 0 Å². The van der Waals surface area contributed by atoms with Crippen LogP contribution in [0.5, 0.6) is 0 Å². The van der Waals surface area contributed by atoms with Crippen LogP contribution in [0.3, 0.4) is 0 Å². The molecule has 0 bridgehead atoms. The molecule has 0 amide bonds. The molecule has 6 radical (unpaired) electrons. The Bertz CT molecular complexity index is 449. The van der Waals surface area contributed by atoms with E-state index in [0.29, 0.717) is 0 Å². The van der Waals surface area contributed by atoms with E-state index in [1.165, 1.54) is 22.3 Å². The van der Waals surface area contributed by atoms with Crippen LogP contribution in [-0.4, -0.2) is 0 Å². The summed E-state index contributed by atoms with van der Waals surface area (Å²) in [6, 6.07) is 16.7. The molecule has 22 heavy (non-hydrogen) atoms. The molecule has 0 saturated heterocycles. The number of benzene rings is 2. The van der Waals surface area contributed by atoms with Gasteiger partial charge in [0, 0.05) is 0 Å². The van der Waals surface area contributed by atoms with Gasteiger partial charge in [-0.15, -0.1) is 0 Å². The zero-order valence-corrected chi connectivity index (χ0v) is 16.1. The Balaban J connectivity index is 0.000000180. The molecule has 4 heteroatoms. The molecule has 0 nitrogen and oxygen atoms in total. The van der Waals surface area contributed by atoms with Crippen LogP contribution < -0.4 is 0 Å². The van der Waals surface area contributed by atoms with Crippen molar-refractivity contribution in [2.24, 2.45) is 0 Å². The summed E-state index contributed by atoms with van der Waals surface area (Å²) >= 11 is 4.44. The standard InChI is InChI=1S/2C9H7.2ClH.2Pd/c2*1-2-5-9-7-3-6-8(9)4-1;;;;/h2*1-7H;2*1H;;/q;;;;2*+2/p-2. The molecular formula is C18H14Cl2Pd2+2. The molecule has 0 fully saturated rings. The third-order valence-electron chi connectivity index (χ3n) is 3.10. The summed E-state index contributed by atoms with van der Waals surface area (Å²) in [6.07, 6.45) is 12.6. The molecular weight excluding hydrogens is 500 g/mol. The van der Waals surface area contributed by atoms with Crippen LogP contribution in [0.25, 0.3) is 0 Å². The van der Waals surface area contributed by atoms with Gasteiger partial charge in [0.1, 0.15) is 0 Å². The van der Waals surface area contributed by atoms with E-state index in [4.69, 9.17) is 0 Å². The van der Waals surface area contributed by atoms with E-state index in [0.717, 1.165) is 0 Å². The number of fused-ring (bicyclic) bond motifs is 2. The number of hydrogen-bond donors (Lipinski definition) is 0. The van der Waals surface area contributed by atoms with E-state index in [2.05, 4.69) is 142 Å². The molecule has 0 unspecified atom stereocenters. The van der Waals surface area contributed by atoms with E-state index in [-0.39, 0.29) is 0 Å². The number of rotatable bonds is 0. The molecule has 0 saturated carbocycles. The predicted molar refractivity (Wildman–Crippen MR) is 86.8 cm³/mol. The van der Waals surface area contributed by atoms with Gasteiger partial charge in [-0.2, -0.15) is 0 Å². The summed E-state index contributed by atoms with van der Waals surface area (Å²) in [7, 11) is 8.98. The van der Waals surface area contributed by atoms with Crippen molar-refractivity contribution in [3.63, 3.8) is 0 Å². The molecule has 0 heterocycles. The van der Waals surface area contributed by atoms with E-state index in [9.17, 15) is 0 Å². The van der Waals surface area contributed by atoms with Gasteiger partial charge in [0.2, 0.25) is 0 Å². The maximum atomic E-state index is 4.49. The summed E-state index contributed by atoms with van der Waals surface area (Å²) in [5.41, 5.74) is 5.32. The molecule has 118 valence electrons. The minimum absolute atomic E-state index is 1.33. The van der Waals surface area contributed by atoms with Crippen LogP contribution in [0, 0.1) is 38.5 Å². The summed E-state index contributed by atoms with van der Waals surface area (Å²) in [5, 5.41) is 0. The van der Waals surface area contributed by atoms with Crippen LogP contribution in [0.15, 0.2) is 48.5 Å². The number of halogens is 2. The second kappa shape index (κ2) is 12.7. The Morgan fingerprint density at radius 1 is 0.455 bits per heavy atom. The Hall–Kier alpha value is 0.345. The van der Waals surface area contributed by atoms with Crippen molar-refractivity contribution >= 4 is 19.1 Å². The second-order valence-corrected chi connectivity index (χ2v) is 4.31. The first-order valence-electron chi connectivity index (χ1n) is 6.38. The van der Waals surface area contributed by atoms with Crippen LogP contribution in [0.1, 0.15) is 22.3 Å². The van der Waals surface area contributed by atoms with E-state index in [1.54, 1.807) is 0 Å². The summed E-state index contributed by atoms with van der Waals surface area (Å²) in [5.74, 6) is 0. The zero-order valence-electron chi connectivity index (χ0n) is 11.5. The molecule has 4 rings (SSSR count). The van der Waals surface area contributed by atoms with Gasteiger partial charge in [0.15, 0.2) is 0 Å². The topological polar surface area (TPSA) is 0 Å². The third-order valence-corrected chi connectivity index (χ3v) is 3.10. The Labute approximate surface area is 163 Å². The Kier molecular flexibility index (Phi) is 11.8. The Morgan fingerprint density at radius 3 is 0.909 bits per heavy atom. The van der Waals surface area contributed by atoms with Crippen LogP contribution in [-0.2, 0) is 36.4 Å². The molecule has 0 spiro atoms. The van der Waals surface area contributed by atoms with Gasteiger partial charge in [0.05, 0.1) is 0 Å². The average Bonchev–Trinajstić information content (AvgIpc) is 3.28. The fraction of sp³-hybridized carbons (Fsp3) is 0. The average molecular weight is 514 g/mol. The van der Waals surface area contributed by atoms with Gasteiger partial charge < -0.3 is 0 Å². The molecule has 0 N–H and O–H groups in total. The molecule has 0 aromatic heterocycles. The van der Waals surface area contributed by atoms with Gasteiger partial charge in [-0.1, -0.05) is 48.5 Å². The van der Waals surface area contributed by atoms with Crippen molar-refractivity contribution in [2.75, 3.05) is 0 Å². The first-order chi connectivity index (χ1) is 10.9. The maximum absolute atomic E-state index is 4.49. The van der Waals surface area contributed by atoms with Crippen molar-refractivity contribution in [2.45, 2.75) is 0 Å². The molecule has 0 atom stereocenters. The van der Waals surface area contributed by atoms with E-state index in [1.807, 2.05) is 0 Å². The molecule has 2 aromatic rings. The third kappa shape index (κ3) is 6.45. The van der Waals surface area contributed by atoms with Gasteiger partial charge in [-0.25, -0.2) is 0 Å². The molecule has 2 aliphatic carbocycles. The van der Waals surface area contributed by atoms with Crippen molar-refractivity contribution in [3.8, 4) is 0 Å². The number of hydrogen-bond acceptors (Lipinski definition) is 0. The van der Waals surface area contributed by atoms with Gasteiger partial charge >= 0.3 is 55.4 Å². The molecule has 2 aliphatic rings. The summed E-state index contributed by atoms with van der Waals surface area (Å²) in [4.78, 5) is 0. The normalized spacial score (nSPS) is 13.4. The van der Waals surface area contributed by atoms with E-state index >= 15 is 0 Å². The molecule has 2 aromatic carbocycles. The fourth-order valence-corrected chi connectivity index (χ4v) is 2.14. The predicted octanol–water partition coefficient (Wildman–Crippen LogP) is 5.39. The zero-order chi connectivity index (χ0) is 16.2. The second-order valence-electron chi connectivity index (χ2n) is 4.31. The van der Waals surface area contributed by atoms with Crippen LogP contribution >= 0.6 is 19.1 Å². The van der Waals surface area contributed by atoms with Crippen molar-refractivity contribution in [1.29, 1.82) is 0 Å².